The van der Waals surface area contributed by atoms with Crippen LogP contribution in [0.2, 0.25) is 0 Å². The summed E-state index contributed by atoms with van der Waals surface area (Å²) < 4.78 is 5.02. The van der Waals surface area contributed by atoms with Gasteiger partial charge in [-0.15, -0.1) is 0 Å². The van der Waals surface area contributed by atoms with Crippen LogP contribution in [0.3, 0.4) is 0 Å². The monoisotopic (exact) mass is 384 g/mol. The molecule has 1 unspecified atom stereocenters. The predicted octanol–water partition coefficient (Wildman–Crippen LogP) is 3.82. The van der Waals surface area contributed by atoms with E-state index in [9.17, 15) is 9.59 Å². The summed E-state index contributed by atoms with van der Waals surface area (Å²) >= 11 is 0. The molecule has 1 N–H and O–H groups in total. The van der Waals surface area contributed by atoms with Gasteiger partial charge in [-0.05, 0) is 47.6 Å². The summed E-state index contributed by atoms with van der Waals surface area (Å²) in [5.41, 5.74) is 2.64. The molecule has 28 heavy (non-hydrogen) atoms. The van der Waals surface area contributed by atoms with E-state index in [1.165, 1.54) is 11.1 Å². The highest BCUT2D eigenvalue weighted by Crippen LogP contribution is 2.42. The molecule has 5 nitrogen and oxygen atoms in total. The molecule has 152 valence electrons. The number of nitrogens with zero attached hydrogens (tertiary/aromatic N) is 1. The molecule has 1 saturated carbocycles. The van der Waals surface area contributed by atoms with E-state index in [0.29, 0.717) is 31.3 Å². The molecule has 0 bridgehead atoms. The van der Waals surface area contributed by atoms with Gasteiger partial charge in [-0.25, -0.2) is 4.79 Å². The van der Waals surface area contributed by atoms with E-state index in [1.807, 2.05) is 4.90 Å². The maximum Gasteiger partial charge on any atom is 0.407 e. The minimum Gasteiger partial charge on any atom is -0.447 e. The zero-order valence-corrected chi connectivity index (χ0v) is 17.5. The smallest absolute Gasteiger partial charge is 0.407 e. The summed E-state index contributed by atoms with van der Waals surface area (Å²) in [6.45, 7) is 11.0. The van der Waals surface area contributed by atoms with Crippen LogP contribution in [0.5, 0.6) is 0 Å². The van der Waals surface area contributed by atoms with Gasteiger partial charge in [0.25, 0.3) is 0 Å². The van der Waals surface area contributed by atoms with Crippen LogP contribution in [-0.2, 0) is 14.9 Å². The van der Waals surface area contributed by atoms with E-state index in [1.54, 1.807) is 0 Å². The molecule has 1 aliphatic carbocycles. The minimum atomic E-state index is -0.349. The highest BCUT2D eigenvalue weighted by atomic mass is 16.6. The molecule has 1 spiro atoms. The summed E-state index contributed by atoms with van der Waals surface area (Å²) in [5.74, 6) is 1.23. The van der Waals surface area contributed by atoms with Gasteiger partial charge < -0.3 is 15.0 Å². The molecule has 3 aliphatic rings. The highest BCUT2D eigenvalue weighted by Gasteiger charge is 2.53. The lowest BCUT2D eigenvalue weighted by Crippen LogP contribution is -2.59. The first-order valence-electron chi connectivity index (χ1n) is 10.5. The molecule has 0 aromatic heterocycles. The molecule has 2 aliphatic heterocycles. The van der Waals surface area contributed by atoms with Crippen molar-refractivity contribution < 1.29 is 14.3 Å². The molecule has 1 aromatic rings. The summed E-state index contributed by atoms with van der Waals surface area (Å²) in [7, 11) is 0. The standard InChI is InChI=1S/C23H32N2O3/c1-15-13-25(20(26)17-11-23(12-17)14-28-21(27)24-23)10-9-19(15)16-5-7-18(8-6-16)22(2,3)4/h5-8,15,17,19H,9-14H2,1-4H3,(H,24,27)/t15-,17-,19?,23+/m0/s1. The Bertz CT molecular complexity index is 759. The van der Waals surface area contributed by atoms with E-state index in [-0.39, 0.29) is 28.9 Å². The van der Waals surface area contributed by atoms with Crippen LogP contribution in [-0.4, -0.2) is 42.1 Å². The van der Waals surface area contributed by atoms with Gasteiger partial charge >= 0.3 is 6.09 Å². The van der Waals surface area contributed by atoms with Crippen molar-refractivity contribution in [3.05, 3.63) is 35.4 Å². The number of piperidine rings is 1. The third-order valence-corrected chi connectivity index (χ3v) is 6.89. The number of hydrogen-bond donors (Lipinski definition) is 1. The third-order valence-electron chi connectivity index (χ3n) is 6.89. The largest absolute Gasteiger partial charge is 0.447 e. The Morgan fingerprint density at radius 1 is 1.21 bits per heavy atom. The van der Waals surface area contributed by atoms with Crippen LogP contribution in [0.15, 0.2) is 24.3 Å². The quantitative estimate of drug-likeness (QED) is 0.843. The number of hydrogen-bond acceptors (Lipinski definition) is 3. The molecular formula is C23H32N2O3. The minimum absolute atomic E-state index is 0.0248. The summed E-state index contributed by atoms with van der Waals surface area (Å²) in [4.78, 5) is 26.3. The van der Waals surface area contributed by atoms with Crippen molar-refractivity contribution in [2.75, 3.05) is 19.7 Å². The van der Waals surface area contributed by atoms with Crippen LogP contribution >= 0.6 is 0 Å². The van der Waals surface area contributed by atoms with Crippen molar-refractivity contribution in [3.63, 3.8) is 0 Å². The Labute approximate surface area is 167 Å². The highest BCUT2D eigenvalue weighted by molar-refractivity contribution is 5.81. The zero-order valence-electron chi connectivity index (χ0n) is 17.5. The fourth-order valence-electron chi connectivity index (χ4n) is 5.10. The predicted molar refractivity (Wildman–Crippen MR) is 108 cm³/mol. The number of amides is 2. The molecule has 5 heteroatoms. The summed E-state index contributed by atoms with van der Waals surface area (Å²) in [6.07, 6.45) is 2.08. The van der Waals surface area contributed by atoms with Crippen LogP contribution in [0.25, 0.3) is 0 Å². The average molecular weight is 385 g/mol. The Balaban J connectivity index is 1.34. The molecule has 4 rings (SSSR count). The fourth-order valence-corrected chi connectivity index (χ4v) is 5.10. The van der Waals surface area contributed by atoms with E-state index >= 15 is 0 Å². The van der Waals surface area contributed by atoms with Crippen LogP contribution < -0.4 is 5.32 Å². The zero-order chi connectivity index (χ0) is 20.1. The number of likely N-dealkylation sites (tertiary alicyclic amines) is 1. The first-order chi connectivity index (χ1) is 13.2. The number of benzene rings is 1. The van der Waals surface area contributed by atoms with Crippen molar-refractivity contribution in [2.45, 2.75) is 63.8 Å². The van der Waals surface area contributed by atoms with Crippen molar-refractivity contribution in [1.29, 1.82) is 0 Å². The molecule has 2 saturated heterocycles. The Kier molecular flexibility index (Phi) is 4.67. The van der Waals surface area contributed by atoms with Gasteiger partial charge in [-0.3, -0.25) is 4.79 Å². The molecule has 0 radical (unpaired) electrons. The number of carbonyl (C=O) groups excluding carboxylic acids is 2. The topological polar surface area (TPSA) is 58.6 Å². The average Bonchev–Trinajstić information content (AvgIpc) is 3.01. The number of ether oxygens (including phenoxy) is 1. The normalized spacial score (nSPS) is 32.6. The van der Waals surface area contributed by atoms with Gasteiger partial charge in [0, 0.05) is 19.0 Å². The molecular weight excluding hydrogens is 352 g/mol. The number of cyclic esters (lactones) is 1. The van der Waals surface area contributed by atoms with Gasteiger partial charge in [0.2, 0.25) is 5.91 Å². The molecule has 2 atom stereocenters. The van der Waals surface area contributed by atoms with Crippen molar-refractivity contribution in [1.82, 2.24) is 10.2 Å². The maximum atomic E-state index is 12.9. The van der Waals surface area contributed by atoms with Gasteiger partial charge in [-0.1, -0.05) is 52.0 Å². The van der Waals surface area contributed by atoms with E-state index in [4.69, 9.17) is 4.74 Å². The fraction of sp³-hybridized carbons (Fsp3) is 0.652. The SMILES string of the molecule is C[C@H]1CN(C(=O)[C@H]2C[C@]3(COC(=O)N3)C2)CCC1c1ccc(C(C)(C)C)cc1. The first kappa shape index (κ1) is 19.3. The number of rotatable bonds is 2. The third kappa shape index (κ3) is 3.51. The Morgan fingerprint density at radius 3 is 2.43 bits per heavy atom. The molecule has 1 aromatic carbocycles. The summed E-state index contributed by atoms with van der Waals surface area (Å²) in [6, 6.07) is 9.06. The van der Waals surface area contributed by atoms with Crippen LogP contribution in [0, 0.1) is 11.8 Å². The second-order valence-corrected chi connectivity index (χ2v) is 10.1. The van der Waals surface area contributed by atoms with Crippen molar-refractivity contribution in [2.24, 2.45) is 11.8 Å². The second-order valence-electron chi connectivity index (χ2n) is 10.1. The van der Waals surface area contributed by atoms with Crippen molar-refractivity contribution >= 4 is 12.0 Å². The van der Waals surface area contributed by atoms with Crippen molar-refractivity contribution in [3.8, 4) is 0 Å². The Hall–Kier alpha value is -2.04. The lowest BCUT2D eigenvalue weighted by Gasteiger charge is -2.46. The van der Waals surface area contributed by atoms with Crippen LogP contribution in [0.4, 0.5) is 4.79 Å². The second kappa shape index (κ2) is 6.78. The van der Waals surface area contributed by atoms with E-state index < -0.39 is 0 Å². The first-order valence-corrected chi connectivity index (χ1v) is 10.5. The maximum absolute atomic E-state index is 12.9. The van der Waals surface area contributed by atoms with Gasteiger partial charge in [0.1, 0.15) is 6.61 Å². The molecule has 2 heterocycles. The van der Waals surface area contributed by atoms with Gasteiger partial charge in [-0.2, -0.15) is 0 Å². The van der Waals surface area contributed by atoms with E-state index in [2.05, 4.69) is 57.3 Å². The Morgan fingerprint density at radius 2 is 1.89 bits per heavy atom. The molecule has 2 amide bonds. The number of nitrogens with one attached hydrogen (secondary N) is 1. The lowest BCUT2D eigenvalue weighted by molar-refractivity contribution is -0.143. The lowest BCUT2D eigenvalue weighted by atomic mass is 9.68. The number of carbonyl (C=O) groups is 2. The van der Waals surface area contributed by atoms with Gasteiger partial charge in [0.15, 0.2) is 0 Å². The summed E-state index contributed by atoms with van der Waals surface area (Å²) in [5, 5.41) is 2.87. The van der Waals surface area contributed by atoms with Crippen LogP contribution in [0.1, 0.15) is 64.0 Å². The van der Waals surface area contributed by atoms with Gasteiger partial charge in [0.05, 0.1) is 5.54 Å². The number of alkyl carbamates (subject to hydrolysis) is 1. The van der Waals surface area contributed by atoms with E-state index in [0.717, 1.165) is 19.5 Å². The molecule has 3 fully saturated rings.